The summed E-state index contributed by atoms with van der Waals surface area (Å²) in [6.07, 6.45) is 1.44. The fraction of sp³-hybridized carbons (Fsp3) is 0.625. The van der Waals surface area contributed by atoms with Crippen LogP contribution in [0, 0.1) is 0 Å². The van der Waals surface area contributed by atoms with Crippen LogP contribution in [0.15, 0.2) is 11.6 Å². The van der Waals surface area contributed by atoms with Gasteiger partial charge in [0.1, 0.15) is 0 Å². The van der Waals surface area contributed by atoms with Crippen LogP contribution >= 0.6 is 26.3 Å². The minimum atomic E-state index is -3.60. The normalized spacial score (nSPS) is 18.5. The van der Waals surface area contributed by atoms with Crippen LogP contribution < -0.4 is 4.75 Å². The van der Waals surface area contributed by atoms with Crippen LogP contribution in [0.3, 0.4) is 0 Å². The summed E-state index contributed by atoms with van der Waals surface area (Å²) in [6, 6.07) is 0. The van der Waals surface area contributed by atoms with Gasteiger partial charge in [0.15, 0.2) is 4.75 Å². The van der Waals surface area contributed by atoms with Crippen LogP contribution in [-0.2, 0) is 13.7 Å². The third-order valence-corrected chi connectivity index (χ3v) is 6.88. The zero-order chi connectivity index (χ0) is 12.9. The summed E-state index contributed by atoms with van der Waals surface area (Å²) in [5.74, 6) is 0. The highest BCUT2D eigenvalue weighted by atomic mass is 32.1. The van der Waals surface area contributed by atoms with Gasteiger partial charge in [-0.1, -0.05) is 0 Å². The summed E-state index contributed by atoms with van der Waals surface area (Å²) in [6.45, 7) is 1.77. The molecule has 2 atom stereocenters. The maximum Gasteiger partial charge on any atom is 0.328 e. The molecule has 0 bridgehead atoms. The van der Waals surface area contributed by atoms with Gasteiger partial charge in [-0.15, -0.1) is 11.3 Å². The first-order valence-electron chi connectivity index (χ1n) is 5.05. The van der Waals surface area contributed by atoms with E-state index in [-0.39, 0.29) is 30.1 Å². The second kappa shape index (κ2) is 6.23. The van der Waals surface area contributed by atoms with E-state index < -0.39 is 15.0 Å². The van der Waals surface area contributed by atoms with Gasteiger partial charge in [-0.05, 0) is 13.3 Å². The quantitative estimate of drug-likeness (QED) is 0.743. The molecule has 0 aliphatic heterocycles. The van der Waals surface area contributed by atoms with Crippen LogP contribution in [-0.4, -0.2) is 33.7 Å². The van der Waals surface area contributed by atoms with Gasteiger partial charge in [-0.25, -0.2) is 4.98 Å². The summed E-state index contributed by atoms with van der Waals surface area (Å²) in [5.41, 5.74) is 0. The average Bonchev–Trinajstić information content (AvgIpc) is 2.69. The van der Waals surface area contributed by atoms with E-state index in [9.17, 15) is 18.9 Å². The van der Waals surface area contributed by atoms with Crippen molar-refractivity contribution in [1.82, 2.24) is 4.98 Å². The fourth-order valence-corrected chi connectivity index (χ4v) is 5.08. The van der Waals surface area contributed by atoms with Gasteiger partial charge >= 0.3 is 7.60 Å². The highest BCUT2D eigenvalue weighted by Gasteiger charge is 2.26. The summed E-state index contributed by atoms with van der Waals surface area (Å²) in [4.78, 5) is 22.8. The lowest BCUT2D eigenvalue weighted by Crippen LogP contribution is -2.07. The van der Waals surface area contributed by atoms with E-state index in [1.165, 1.54) is 6.20 Å². The Bertz CT molecular complexity index is 435. The Hall–Kier alpha value is -0.0300. The second-order valence-corrected chi connectivity index (χ2v) is 8.82. The van der Waals surface area contributed by atoms with E-state index in [0.29, 0.717) is 0 Å². The molecule has 98 valence electrons. The molecule has 0 amide bonds. The number of thiazole rings is 1. The molecule has 1 heterocycles. The molecule has 1 aromatic heterocycles. The molecule has 0 saturated heterocycles. The van der Waals surface area contributed by atoms with Crippen molar-refractivity contribution in [3.8, 4) is 0 Å². The Morgan fingerprint density at radius 3 is 2.65 bits per heavy atom. The van der Waals surface area contributed by atoms with Crippen molar-refractivity contribution >= 4 is 31.1 Å². The molecule has 9 heteroatoms. The first-order chi connectivity index (χ1) is 7.87. The SMILES string of the molecule is CCOP(=O)(O)CCCP(=O)(O)c1nccs1. The highest BCUT2D eigenvalue weighted by molar-refractivity contribution is 7.71. The third-order valence-electron chi connectivity index (χ3n) is 1.95. The minimum Gasteiger partial charge on any atom is -0.339 e. The van der Waals surface area contributed by atoms with Crippen LogP contribution in [0.25, 0.3) is 0 Å². The number of hydrogen-bond acceptors (Lipinski definition) is 5. The van der Waals surface area contributed by atoms with Gasteiger partial charge < -0.3 is 14.3 Å². The Kier molecular flexibility index (Phi) is 5.51. The first kappa shape index (κ1) is 15.0. The maximum absolute atomic E-state index is 11.8. The van der Waals surface area contributed by atoms with E-state index >= 15 is 0 Å². The van der Waals surface area contributed by atoms with Gasteiger partial charge in [0, 0.05) is 17.7 Å². The van der Waals surface area contributed by atoms with Crippen LogP contribution in [0.1, 0.15) is 13.3 Å². The number of aromatic nitrogens is 1. The van der Waals surface area contributed by atoms with Crippen LogP contribution in [0.4, 0.5) is 0 Å². The Morgan fingerprint density at radius 1 is 1.41 bits per heavy atom. The molecule has 2 N–H and O–H groups in total. The zero-order valence-electron chi connectivity index (χ0n) is 9.35. The molecule has 1 rings (SSSR count). The van der Waals surface area contributed by atoms with E-state index in [1.807, 2.05) is 0 Å². The number of hydrogen-bond donors (Lipinski definition) is 2. The molecule has 0 saturated carbocycles. The largest absolute Gasteiger partial charge is 0.339 e. The molecule has 0 radical (unpaired) electrons. The standard InChI is InChI=1S/C8H15NO5P2S/c1-2-14-16(12,13)6-3-5-15(10,11)8-9-4-7-17-8/h4,7H,2-3,5-6H2,1H3,(H,10,11)(H,12,13). The molecule has 6 nitrogen and oxygen atoms in total. The molecule has 0 fully saturated rings. The lowest BCUT2D eigenvalue weighted by molar-refractivity contribution is 0.273. The second-order valence-electron chi connectivity index (χ2n) is 3.37. The highest BCUT2D eigenvalue weighted by Crippen LogP contribution is 2.46. The number of nitrogens with zero attached hydrogens (tertiary/aromatic N) is 1. The molecule has 17 heavy (non-hydrogen) atoms. The van der Waals surface area contributed by atoms with Crippen molar-refractivity contribution in [2.24, 2.45) is 0 Å². The molecule has 0 aliphatic rings. The van der Waals surface area contributed by atoms with Crippen molar-refractivity contribution in [2.75, 3.05) is 18.9 Å². The summed E-state index contributed by atoms with van der Waals surface area (Å²) < 4.78 is 28.0. The van der Waals surface area contributed by atoms with E-state index in [2.05, 4.69) is 9.51 Å². The average molecular weight is 299 g/mol. The lowest BCUT2D eigenvalue weighted by Gasteiger charge is -2.12. The maximum atomic E-state index is 11.8. The monoisotopic (exact) mass is 299 g/mol. The van der Waals surface area contributed by atoms with E-state index in [4.69, 9.17) is 0 Å². The molecule has 0 aliphatic carbocycles. The molecule has 0 aromatic carbocycles. The zero-order valence-corrected chi connectivity index (χ0v) is 12.0. The van der Waals surface area contributed by atoms with Crippen LogP contribution in [0.2, 0.25) is 0 Å². The number of rotatable bonds is 7. The molecule has 1 aromatic rings. The van der Waals surface area contributed by atoms with E-state index in [0.717, 1.165) is 11.3 Å². The van der Waals surface area contributed by atoms with Crippen molar-refractivity contribution in [1.29, 1.82) is 0 Å². The molecular weight excluding hydrogens is 284 g/mol. The van der Waals surface area contributed by atoms with Crippen molar-refractivity contribution in [3.05, 3.63) is 11.6 Å². The van der Waals surface area contributed by atoms with Crippen LogP contribution in [0.5, 0.6) is 0 Å². The van der Waals surface area contributed by atoms with Gasteiger partial charge in [-0.2, -0.15) is 0 Å². The van der Waals surface area contributed by atoms with E-state index in [1.54, 1.807) is 12.3 Å². The van der Waals surface area contributed by atoms with Gasteiger partial charge in [0.2, 0.25) is 0 Å². The van der Waals surface area contributed by atoms with Crippen molar-refractivity contribution in [3.63, 3.8) is 0 Å². The molecular formula is C8H15NO5P2S. The molecule has 0 spiro atoms. The van der Waals surface area contributed by atoms with Gasteiger partial charge in [-0.3, -0.25) is 9.13 Å². The smallest absolute Gasteiger partial charge is 0.328 e. The predicted molar refractivity (Wildman–Crippen MR) is 67.4 cm³/mol. The fourth-order valence-electron chi connectivity index (χ4n) is 1.24. The first-order valence-corrected chi connectivity index (χ1v) is 9.54. The van der Waals surface area contributed by atoms with Crippen molar-refractivity contribution in [2.45, 2.75) is 13.3 Å². The summed E-state index contributed by atoms with van der Waals surface area (Å²) in [5, 5.41) is 1.62. The summed E-state index contributed by atoms with van der Waals surface area (Å²) in [7, 11) is -7.09. The Morgan fingerprint density at radius 2 is 2.12 bits per heavy atom. The van der Waals surface area contributed by atoms with Gasteiger partial charge in [0.05, 0.1) is 12.8 Å². The van der Waals surface area contributed by atoms with Gasteiger partial charge in [0.25, 0.3) is 7.37 Å². The summed E-state index contributed by atoms with van der Waals surface area (Å²) >= 11 is 1.11. The predicted octanol–water partition coefficient (Wildman–Crippen LogP) is 1.65. The topological polar surface area (TPSA) is 96.7 Å². The Balaban J connectivity index is 2.47. The Labute approximate surface area is 104 Å². The molecule has 2 unspecified atom stereocenters. The van der Waals surface area contributed by atoms with Crippen molar-refractivity contribution < 1.29 is 23.4 Å². The lowest BCUT2D eigenvalue weighted by atomic mass is 10.6. The minimum absolute atomic E-state index is 0.0574. The third kappa shape index (κ3) is 5.00.